The first-order chi connectivity index (χ1) is 25.9. The van der Waals surface area contributed by atoms with Gasteiger partial charge in [-0.25, -0.2) is 9.59 Å². The average Bonchev–Trinajstić information content (AvgIpc) is 3.85. The topological polar surface area (TPSA) is 328 Å². The van der Waals surface area contributed by atoms with Gasteiger partial charge < -0.3 is 36.8 Å². The first-order valence-electron chi connectivity index (χ1n) is 16.9. The molecule has 4 amide bonds. The predicted octanol–water partition coefficient (Wildman–Crippen LogP) is 1.19. The number of aliphatic carboxylic acids is 2. The highest BCUT2D eigenvalue weighted by Crippen LogP contribution is 2.50. The molecule has 0 spiro atoms. The summed E-state index contributed by atoms with van der Waals surface area (Å²) in [7, 11) is 0. The number of nitrogens with zero attached hydrogens (tertiary/aromatic N) is 4. The summed E-state index contributed by atoms with van der Waals surface area (Å²) in [5.41, 5.74) is 0.114. The van der Waals surface area contributed by atoms with Crippen LogP contribution in [-0.2, 0) is 29.5 Å². The fourth-order valence-electron chi connectivity index (χ4n) is 7.83. The summed E-state index contributed by atoms with van der Waals surface area (Å²) in [5, 5.41) is 73.4. The molecule has 0 bridgehead atoms. The van der Waals surface area contributed by atoms with Gasteiger partial charge in [-0.3, -0.25) is 48.9 Å². The van der Waals surface area contributed by atoms with E-state index >= 15 is 0 Å². The first-order valence-corrected chi connectivity index (χ1v) is 18.0. The summed E-state index contributed by atoms with van der Waals surface area (Å²) in [6.07, 6.45) is 0.290. The molecular formula is C33H37N7O14S. The second kappa shape index (κ2) is 15.8. The first kappa shape index (κ1) is 40.2. The third kappa shape index (κ3) is 7.54. The minimum absolute atomic E-state index is 0.0989. The Bertz CT molecular complexity index is 1950. The number of ketones is 1. The number of Topliss-reactive ketones (excluding diaryl/α,β-unsaturated/α-hetero) is 1. The minimum Gasteiger partial charge on any atom is -0.494 e. The molecule has 2 fully saturated rings. The number of urea groups is 1. The molecule has 294 valence electrons. The molecule has 2 saturated heterocycles. The number of nitrogens with two attached hydrogens (primary N) is 1. The maximum atomic E-state index is 14.2. The standard InChI is InChI=1S/C33H37N7O14S/c1-15(34)11-19(33(31(48)49,38-27(44)9-10-28(38)45)18-6-5-16(39(51)52)12-22(18)40(53)54)21(37-25(42)7-8-26(37)43)13-23(41)17(30(46)47)3-2-4-24-29-20(14-55-24)35-32(50)36-29/h5-10,12,15,17,19-21,24,29,44-45H,2-4,11,13-14,34H2,1H3,(H,46,47)(H,48,49)(H2,35,36,50)/t15?,17?,19?,20-,21?,24-,29-,33?/m0/s1. The number of aromatic nitrogens is 1. The smallest absolute Gasteiger partial charge is 0.335 e. The number of aromatic hydroxyl groups is 2. The highest BCUT2D eigenvalue weighted by atomic mass is 32.2. The molecule has 3 aliphatic rings. The summed E-state index contributed by atoms with van der Waals surface area (Å²) < 4.78 is 0.352. The number of nitrogens with one attached hydrogen (secondary N) is 2. The number of amides is 4. The lowest BCUT2D eigenvalue weighted by atomic mass is 9.68. The second-order valence-corrected chi connectivity index (χ2v) is 14.8. The molecule has 55 heavy (non-hydrogen) atoms. The van der Waals surface area contributed by atoms with Gasteiger partial charge in [-0.15, -0.1) is 0 Å². The van der Waals surface area contributed by atoms with Crippen molar-refractivity contribution in [2.45, 2.75) is 74.0 Å². The largest absolute Gasteiger partial charge is 0.494 e. The Morgan fingerprint density at radius 3 is 2.20 bits per heavy atom. The lowest BCUT2D eigenvalue weighted by Gasteiger charge is -2.45. The summed E-state index contributed by atoms with van der Waals surface area (Å²) in [6.45, 7) is 1.36. The van der Waals surface area contributed by atoms with Gasteiger partial charge in [0, 0.05) is 59.7 Å². The van der Waals surface area contributed by atoms with Crippen molar-refractivity contribution in [1.82, 2.24) is 20.1 Å². The highest BCUT2D eigenvalue weighted by Gasteiger charge is 2.59. The normalized spacial score (nSPS) is 22.3. The van der Waals surface area contributed by atoms with E-state index in [1.807, 2.05) is 0 Å². The van der Waals surface area contributed by atoms with Crippen molar-refractivity contribution in [3.05, 3.63) is 68.3 Å². The van der Waals surface area contributed by atoms with E-state index in [9.17, 15) is 69.4 Å². The van der Waals surface area contributed by atoms with Gasteiger partial charge in [-0.1, -0.05) is 6.42 Å². The lowest BCUT2D eigenvalue weighted by molar-refractivity contribution is -0.395. The van der Waals surface area contributed by atoms with Crippen LogP contribution >= 0.6 is 11.8 Å². The number of carboxylic acid groups (broad SMARTS) is 2. The van der Waals surface area contributed by atoms with Crippen LogP contribution in [0.25, 0.3) is 0 Å². The summed E-state index contributed by atoms with van der Waals surface area (Å²) in [5.74, 6) is -12.0. The van der Waals surface area contributed by atoms with E-state index in [1.54, 1.807) is 11.8 Å². The Hall–Kier alpha value is -6.03. The number of imide groups is 1. The zero-order chi connectivity index (χ0) is 40.5. The fraction of sp³-hybridized carbons (Fsp3) is 0.455. The highest BCUT2D eigenvalue weighted by molar-refractivity contribution is 8.00. The van der Waals surface area contributed by atoms with E-state index in [-0.39, 0.29) is 36.2 Å². The Kier molecular flexibility index (Phi) is 11.5. The van der Waals surface area contributed by atoms with Crippen molar-refractivity contribution in [3.63, 3.8) is 0 Å². The third-order valence-corrected chi connectivity index (χ3v) is 11.6. The molecule has 21 nitrogen and oxygen atoms in total. The SMILES string of the molecule is CC(N)CC(C(CC(=O)C(CCC[C@@H]1SC[C@@H]2NC(=O)N[C@@H]21)C(=O)O)N1C(=O)C=CC1=O)C(C(=O)O)(c1ccc([N+](=O)[O-])cc1[N+](=O)[O-])n1c(O)ccc1O. The molecule has 2 aromatic rings. The predicted molar refractivity (Wildman–Crippen MR) is 189 cm³/mol. The fourth-order valence-corrected chi connectivity index (χ4v) is 9.38. The van der Waals surface area contributed by atoms with Crippen LogP contribution in [0.5, 0.6) is 11.8 Å². The maximum Gasteiger partial charge on any atom is 0.335 e. The number of carbonyl (C=O) groups is 6. The van der Waals surface area contributed by atoms with Gasteiger partial charge in [0.15, 0.2) is 17.3 Å². The second-order valence-electron chi connectivity index (χ2n) is 13.6. The van der Waals surface area contributed by atoms with E-state index in [4.69, 9.17) is 5.73 Å². The number of benzene rings is 1. The monoisotopic (exact) mass is 787 g/mol. The van der Waals surface area contributed by atoms with Crippen LogP contribution < -0.4 is 16.4 Å². The number of hydrogen-bond donors (Lipinski definition) is 7. The van der Waals surface area contributed by atoms with E-state index in [2.05, 4.69) is 10.6 Å². The number of thioether (sulfide) groups is 1. The summed E-state index contributed by atoms with van der Waals surface area (Å²) in [4.78, 5) is 102. The van der Waals surface area contributed by atoms with Gasteiger partial charge in [-0.2, -0.15) is 11.8 Å². The van der Waals surface area contributed by atoms with Crippen molar-refractivity contribution in [1.29, 1.82) is 0 Å². The molecule has 8 N–H and O–H groups in total. The zero-order valence-corrected chi connectivity index (χ0v) is 29.8. The number of nitro groups is 2. The molecule has 0 radical (unpaired) electrons. The number of non-ortho nitro benzene ring substituents is 1. The van der Waals surface area contributed by atoms with Crippen molar-refractivity contribution >= 4 is 58.7 Å². The average molecular weight is 788 g/mol. The number of hydrogen-bond acceptors (Lipinski definition) is 14. The van der Waals surface area contributed by atoms with Gasteiger partial charge >= 0.3 is 18.0 Å². The van der Waals surface area contributed by atoms with Crippen LogP contribution in [0.3, 0.4) is 0 Å². The quantitative estimate of drug-likeness (QED) is 0.0367. The van der Waals surface area contributed by atoms with Crippen LogP contribution in [0, 0.1) is 32.1 Å². The van der Waals surface area contributed by atoms with Gasteiger partial charge in [0.2, 0.25) is 0 Å². The maximum absolute atomic E-state index is 14.2. The van der Waals surface area contributed by atoms with Crippen molar-refractivity contribution < 1.29 is 59.0 Å². The molecule has 8 atom stereocenters. The number of fused-ring (bicyclic) bond motifs is 1. The number of carboxylic acids is 2. The number of nitro benzene ring substituents is 2. The van der Waals surface area contributed by atoms with E-state index in [1.165, 1.54) is 6.92 Å². The Morgan fingerprint density at radius 2 is 1.65 bits per heavy atom. The Balaban J connectivity index is 1.66. The van der Waals surface area contributed by atoms with E-state index in [0.717, 1.165) is 30.4 Å². The van der Waals surface area contributed by atoms with Gasteiger partial charge in [0.05, 0.1) is 39.6 Å². The van der Waals surface area contributed by atoms with Gasteiger partial charge in [-0.05, 0) is 32.3 Å². The van der Waals surface area contributed by atoms with Gasteiger partial charge in [0.1, 0.15) is 11.7 Å². The zero-order valence-electron chi connectivity index (χ0n) is 29.0. The van der Waals surface area contributed by atoms with Crippen LogP contribution in [0.2, 0.25) is 0 Å². The Labute approximate surface area is 314 Å². The molecule has 3 aliphatic heterocycles. The van der Waals surface area contributed by atoms with Crippen LogP contribution in [0.1, 0.15) is 44.6 Å². The van der Waals surface area contributed by atoms with E-state index < -0.39 is 110 Å². The lowest BCUT2D eigenvalue weighted by Crippen LogP contribution is -2.59. The summed E-state index contributed by atoms with van der Waals surface area (Å²) >= 11 is 1.56. The number of carbonyl (C=O) groups excluding carboxylic acids is 4. The van der Waals surface area contributed by atoms with Crippen molar-refractivity contribution in [2.24, 2.45) is 17.6 Å². The van der Waals surface area contributed by atoms with Crippen molar-refractivity contribution in [2.75, 3.05) is 5.75 Å². The van der Waals surface area contributed by atoms with Gasteiger partial charge in [0.25, 0.3) is 23.2 Å². The van der Waals surface area contributed by atoms with E-state index in [0.29, 0.717) is 33.8 Å². The molecule has 0 aliphatic carbocycles. The molecular weight excluding hydrogens is 750 g/mol. The van der Waals surface area contributed by atoms with Crippen LogP contribution in [0.15, 0.2) is 42.5 Å². The third-order valence-electron chi connectivity index (χ3n) is 10.1. The molecule has 22 heteroatoms. The Morgan fingerprint density at radius 1 is 1.02 bits per heavy atom. The molecule has 5 unspecified atom stereocenters. The molecule has 0 saturated carbocycles. The number of rotatable bonds is 18. The van der Waals surface area contributed by atoms with Crippen LogP contribution in [0.4, 0.5) is 16.2 Å². The van der Waals surface area contributed by atoms with Crippen LogP contribution in [-0.4, -0.2) is 110 Å². The molecule has 5 rings (SSSR count). The molecule has 1 aromatic carbocycles. The minimum atomic E-state index is -3.17. The molecule has 1 aromatic heterocycles. The summed E-state index contributed by atoms with van der Waals surface area (Å²) in [6, 6.07) is -0.187. The van der Waals surface area contributed by atoms with Crippen molar-refractivity contribution in [3.8, 4) is 11.8 Å². The molecule has 4 heterocycles.